The topological polar surface area (TPSA) is 64.4 Å². The number of benzene rings is 1. The van der Waals surface area contributed by atoms with Crippen molar-refractivity contribution in [2.75, 3.05) is 6.61 Å². The van der Waals surface area contributed by atoms with Crippen LogP contribution in [0.1, 0.15) is 19.4 Å². The molecule has 94 valence electrons. The summed E-state index contributed by atoms with van der Waals surface area (Å²) in [6.45, 7) is 5.12. The maximum Gasteiger partial charge on any atom is 0.283 e. The second-order valence-corrected chi connectivity index (χ2v) is 4.83. The molecule has 0 aliphatic carbocycles. The van der Waals surface area contributed by atoms with E-state index in [1.807, 2.05) is 19.9 Å². The molecule has 0 aliphatic heterocycles. The minimum Gasteiger partial charge on any atom is -0.301 e. The van der Waals surface area contributed by atoms with Gasteiger partial charge in [-0.3, -0.25) is 10.1 Å². The van der Waals surface area contributed by atoms with Gasteiger partial charge in [0.25, 0.3) is 5.69 Å². The number of nitrogens with one attached hydrogen (secondary N) is 1. The van der Waals surface area contributed by atoms with Crippen LogP contribution in [-0.2, 0) is 11.4 Å². The number of hydrogen-bond acceptors (Lipinski definition) is 4. The first kappa shape index (κ1) is 14.1. The number of rotatable bonds is 6. The highest BCUT2D eigenvalue weighted by Gasteiger charge is 2.14. The lowest BCUT2D eigenvalue weighted by Gasteiger charge is -2.09. The van der Waals surface area contributed by atoms with Gasteiger partial charge >= 0.3 is 0 Å². The molecule has 0 radical (unpaired) electrons. The Bertz CT molecular complexity index is 396. The van der Waals surface area contributed by atoms with Crippen LogP contribution in [0.2, 0.25) is 0 Å². The van der Waals surface area contributed by atoms with Gasteiger partial charge in [0.2, 0.25) is 0 Å². The van der Waals surface area contributed by atoms with Crippen molar-refractivity contribution in [2.24, 2.45) is 5.92 Å². The highest BCUT2D eigenvalue weighted by Crippen LogP contribution is 2.27. The molecular formula is C11H15BrN2O3. The maximum absolute atomic E-state index is 10.7. The van der Waals surface area contributed by atoms with Crippen molar-refractivity contribution in [3.05, 3.63) is 38.3 Å². The van der Waals surface area contributed by atoms with Crippen LogP contribution in [0, 0.1) is 16.0 Å². The number of nitro groups is 1. The summed E-state index contributed by atoms with van der Waals surface area (Å²) in [4.78, 5) is 15.5. The van der Waals surface area contributed by atoms with E-state index in [0.29, 0.717) is 23.5 Å². The zero-order valence-electron chi connectivity index (χ0n) is 9.77. The van der Waals surface area contributed by atoms with E-state index in [1.165, 1.54) is 6.07 Å². The lowest BCUT2D eigenvalue weighted by Crippen LogP contribution is -2.17. The fourth-order valence-electron chi connectivity index (χ4n) is 1.20. The third kappa shape index (κ3) is 4.41. The van der Waals surface area contributed by atoms with Gasteiger partial charge in [0.15, 0.2) is 0 Å². The number of hydroxylamine groups is 1. The zero-order chi connectivity index (χ0) is 12.8. The quantitative estimate of drug-likeness (QED) is 0.498. The minimum absolute atomic E-state index is 0.0631. The summed E-state index contributed by atoms with van der Waals surface area (Å²) in [5.74, 6) is 0.441. The van der Waals surface area contributed by atoms with Crippen LogP contribution in [-0.4, -0.2) is 11.5 Å². The van der Waals surface area contributed by atoms with E-state index in [2.05, 4.69) is 21.4 Å². The number of nitro benzene ring substituents is 1. The second kappa shape index (κ2) is 6.68. The van der Waals surface area contributed by atoms with E-state index in [0.717, 1.165) is 5.56 Å². The van der Waals surface area contributed by atoms with Crippen molar-refractivity contribution >= 4 is 21.6 Å². The first-order chi connectivity index (χ1) is 8.02. The predicted molar refractivity (Wildman–Crippen MR) is 68.4 cm³/mol. The second-order valence-electron chi connectivity index (χ2n) is 4.03. The van der Waals surface area contributed by atoms with Gasteiger partial charge in [0.05, 0.1) is 16.0 Å². The van der Waals surface area contributed by atoms with Gasteiger partial charge < -0.3 is 4.84 Å². The monoisotopic (exact) mass is 302 g/mol. The molecule has 0 saturated carbocycles. The Labute approximate surface area is 108 Å². The van der Waals surface area contributed by atoms with Crippen molar-refractivity contribution in [1.29, 1.82) is 0 Å². The highest BCUT2D eigenvalue weighted by atomic mass is 79.9. The Morgan fingerprint density at radius 2 is 2.24 bits per heavy atom. The van der Waals surface area contributed by atoms with Crippen LogP contribution in [0.5, 0.6) is 0 Å². The highest BCUT2D eigenvalue weighted by molar-refractivity contribution is 9.10. The first-order valence-electron chi connectivity index (χ1n) is 5.28. The van der Waals surface area contributed by atoms with Crippen molar-refractivity contribution in [1.82, 2.24) is 5.48 Å². The first-order valence-corrected chi connectivity index (χ1v) is 6.08. The van der Waals surface area contributed by atoms with Crippen molar-refractivity contribution in [2.45, 2.75) is 20.4 Å². The molecule has 0 unspecified atom stereocenters. The van der Waals surface area contributed by atoms with E-state index >= 15 is 0 Å². The van der Waals surface area contributed by atoms with Crippen LogP contribution in [0.4, 0.5) is 5.69 Å². The van der Waals surface area contributed by atoms with Crippen molar-refractivity contribution in [3.63, 3.8) is 0 Å². The molecule has 0 saturated heterocycles. The third-order valence-electron chi connectivity index (χ3n) is 2.04. The molecule has 0 spiro atoms. The van der Waals surface area contributed by atoms with Gasteiger partial charge in [-0.05, 0) is 27.4 Å². The largest absolute Gasteiger partial charge is 0.301 e. The van der Waals surface area contributed by atoms with Gasteiger partial charge in [-0.1, -0.05) is 26.0 Å². The summed E-state index contributed by atoms with van der Waals surface area (Å²) in [7, 11) is 0. The number of hydrogen-bond donors (Lipinski definition) is 1. The predicted octanol–water partition coefficient (Wildman–Crippen LogP) is 3.03. The van der Waals surface area contributed by atoms with Crippen LogP contribution < -0.4 is 5.48 Å². The average molecular weight is 303 g/mol. The van der Waals surface area contributed by atoms with E-state index < -0.39 is 4.92 Å². The molecule has 1 aromatic rings. The molecule has 0 heterocycles. The molecule has 0 bridgehead atoms. The van der Waals surface area contributed by atoms with Crippen molar-refractivity contribution < 1.29 is 9.76 Å². The SMILES string of the molecule is CC(C)CONCc1cccc([N+](=O)[O-])c1Br. The third-order valence-corrected chi connectivity index (χ3v) is 2.95. The smallest absolute Gasteiger partial charge is 0.283 e. The summed E-state index contributed by atoms with van der Waals surface area (Å²) in [5, 5.41) is 10.7. The zero-order valence-corrected chi connectivity index (χ0v) is 11.4. The van der Waals surface area contributed by atoms with Crippen LogP contribution in [0.25, 0.3) is 0 Å². The molecule has 0 aromatic heterocycles. The summed E-state index contributed by atoms with van der Waals surface area (Å²) in [6.07, 6.45) is 0. The molecule has 17 heavy (non-hydrogen) atoms. The summed E-state index contributed by atoms with van der Waals surface area (Å²) >= 11 is 3.23. The molecule has 0 fully saturated rings. The van der Waals surface area contributed by atoms with E-state index in [9.17, 15) is 10.1 Å². The Morgan fingerprint density at radius 3 is 2.82 bits per heavy atom. The van der Waals surface area contributed by atoms with Gasteiger partial charge in [0, 0.05) is 12.6 Å². The normalized spacial score (nSPS) is 10.8. The molecule has 0 aliphatic rings. The summed E-state index contributed by atoms with van der Waals surface area (Å²) in [5.41, 5.74) is 3.64. The van der Waals surface area contributed by atoms with Crippen molar-refractivity contribution in [3.8, 4) is 0 Å². The minimum atomic E-state index is -0.414. The van der Waals surface area contributed by atoms with Crippen LogP contribution in [0.3, 0.4) is 0 Å². The van der Waals surface area contributed by atoms with E-state index in [1.54, 1.807) is 6.07 Å². The summed E-state index contributed by atoms with van der Waals surface area (Å²) in [6, 6.07) is 4.92. The lowest BCUT2D eigenvalue weighted by atomic mass is 10.2. The molecule has 1 N–H and O–H groups in total. The van der Waals surface area contributed by atoms with Gasteiger partial charge in [-0.15, -0.1) is 0 Å². The Morgan fingerprint density at radius 1 is 1.53 bits per heavy atom. The van der Waals surface area contributed by atoms with Gasteiger partial charge in [-0.25, -0.2) is 0 Å². The molecule has 0 amide bonds. The van der Waals surface area contributed by atoms with Crippen LogP contribution >= 0.6 is 15.9 Å². The molecular weight excluding hydrogens is 288 g/mol. The Hall–Kier alpha value is -0.980. The average Bonchev–Trinajstić information content (AvgIpc) is 2.25. The summed E-state index contributed by atoms with van der Waals surface area (Å²) < 4.78 is 0.491. The van der Waals surface area contributed by atoms with Crippen LogP contribution in [0.15, 0.2) is 22.7 Å². The Balaban J connectivity index is 2.59. The number of nitrogens with zero attached hydrogens (tertiary/aromatic N) is 1. The van der Waals surface area contributed by atoms with Gasteiger partial charge in [-0.2, -0.15) is 5.48 Å². The molecule has 1 rings (SSSR count). The Kier molecular flexibility index (Phi) is 5.54. The van der Waals surface area contributed by atoms with Gasteiger partial charge in [0.1, 0.15) is 0 Å². The fraction of sp³-hybridized carbons (Fsp3) is 0.455. The van der Waals surface area contributed by atoms with E-state index in [4.69, 9.17) is 4.84 Å². The standard InChI is InChI=1S/C11H15BrN2O3/c1-8(2)7-17-13-6-9-4-3-5-10(11(9)12)14(15)16/h3-5,8,13H,6-7H2,1-2H3. The van der Waals surface area contributed by atoms with E-state index in [-0.39, 0.29) is 5.69 Å². The molecule has 1 aromatic carbocycles. The molecule has 6 heteroatoms. The molecule has 0 atom stereocenters. The fourth-order valence-corrected chi connectivity index (χ4v) is 1.75. The maximum atomic E-state index is 10.7. The lowest BCUT2D eigenvalue weighted by molar-refractivity contribution is -0.385. The molecule has 5 nitrogen and oxygen atoms in total. The number of halogens is 1.